The Morgan fingerprint density at radius 3 is 2.76 bits per heavy atom. The fourth-order valence-corrected chi connectivity index (χ4v) is 4.53. The molecule has 1 saturated carbocycles. The minimum atomic E-state index is -0.917. The first-order valence-corrected chi connectivity index (χ1v) is 8.85. The summed E-state index contributed by atoms with van der Waals surface area (Å²) in [5, 5.41) is 13.9. The minimum Gasteiger partial charge on any atom is -0.480 e. The van der Waals surface area contributed by atoms with Crippen LogP contribution in [0.5, 0.6) is 0 Å². The Labute approximate surface area is 145 Å². The molecule has 7 nitrogen and oxygen atoms in total. The summed E-state index contributed by atoms with van der Waals surface area (Å²) in [7, 11) is 0. The van der Waals surface area contributed by atoms with Crippen LogP contribution in [0.25, 0.3) is 5.65 Å². The summed E-state index contributed by atoms with van der Waals surface area (Å²) in [6, 6.07) is 1.17. The molecule has 1 N–H and O–H groups in total. The van der Waals surface area contributed by atoms with Gasteiger partial charge in [-0.15, -0.1) is 0 Å². The van der Waals surface area contributed by atoms with E-state index in [0.717, 1.165) is 37.1 Å². The predicted octanol–water partition coefficient (Wildman–Crippen LogP) is 2.20. The Balaban J connectivity index is 1.77. The normalized spacial score (nSPS) is 26.0. The molecule has 0 aromatic carbocycles. The summed E-state index contributed by atoms with van der Waals surface area (Å²) >= 11 is 0. The van der Waals surface area contributed by atoms with E-state index in [0.29, 0.717) is 17.6 Å². The van der Waals surface area contributed by atoms with E-state index >= 15 is 0 Å². The number of aromatic nitrogens is 3. The quantitative estimate of drug-likeness (QED) is 0.904. The molecule has 1 aliphatic heterocycles. The van der Waals surface area contributed by atoms with E-state index < -0.39 is 12.0 Å². The Kier molecular flexibility index (Phi) is 3.74. The number of aryl methyl sites for hydroxylation is 2. The first kappa shape index (κ1) is 16.1. The van der Waals surface area contributed by atoms with Gasteiger partial charge in [-0.2, -0.15) is 5.10 Å². The van der Waals surface area contributed by atoms with Gasteiger partial charge in [0.25, 0.3) is 5.91 Å². The molecule has 132 valence electrons. The van der Waals surface area contributed by atoms with Crippen LogP contribution in [-0.2, 0) is 4.79 Å². The maximum Gasteiger partial charge on any atom is 0.326 e. The Morgan fingerprint density at radius 2 is 2.00 bits per heavy atom. The van der Waals surface area contributed by atoms with E-state index in [1.54, 1.807) is 9.42 Å². The number of aliphatic carboxylic acids is 1. The number of carboxylic acid groups (broad SMARTS) is 1. The second kappa shape index (κ2) is 5.82. The number of amides is 1. The van der Waals surface area contributed by atoms with Gasteiger partial charge in [-0.05, 0) is 45.1 Å². The zero-order valence-corrected chi connectivity index (χ0v) is 14.5. The smallest absolute Gasteiger partial charge is 0.326 e. The van der Waals surface area contributed by atoms with Gasteiger partial charge in [-0.3, -0.25) is 4.79 Å². The van der Waals surface area contributed by atoms with Crippen LogP contribution in [-0.4, -0.2) is 48.6 Å². The Bertz CT molecular complexity index is 859. The van der Waals surface area contributed by atoms with Gasteiger partial charge in [0.15, 0.2) is 5.65 Å². The third-order valence-corrected chi connectivity index (χ3v) is 5.62. The highest BCUT2D eigenvalue weighted by molar-refractivity contribution is 6.01. The molecule has 2 aromatic rings. The largest absolute Gasteiger partial charge is 0.480 e. The minimum absolute atomic E-state index is 0.0169. The molecule has 2 fully saturated rings. The van der Waals surface area contributed by atoms with Crippen LogP contribution in [0, 0.1) is 19.8 Å². The topological polar surface area (TPSA) is 87.8 Å². The lowest BCUT2D eigenvalue weighted by Gasteiger charge is -2.32. The third kappa shape index (κ3) is 2.49. The van der Waals surface area contributed by atoms with E-state index in [4.69, 9.17) is 0 Å². The molecule has 1 saturated heterocycles. The van der Waals surface area contributed by atoms with E-state index in [-0.39, 0.29) is 17.9 Å². The summed E-state index contributed by atoms with van der Waals surface area (Å²) < 4.78 is 1.64. The van der Waals surface area contributed by atoms with E-state index in [1.807, 2.05) is 19.9 Å². The molecule has 1 aliphatic carbocycles. The molecule has 25 heavy (non-hydrogen) atoms. The molecule has 1 amide bonds. The monoisotopic (exact) mass is 342 g/mol. The summed E-state index contributed by atoms with van der Waals surface area (Å²) in [6.45, 7) is 3.79. The molecular weight excluding hydrogens is 320 g/mol. The second-order valence-corrected chi connectivity index (χ2v) is 7.25. The average molecular weight is 342 g/mol. The van der Waals surface area contributed by atoms with Gasteiger partial charge in [-0.1, -0.05) is 12.8 Å². The summed E-state index contributed by atoms with van der Waals surface area (Å²) in [5.41, 5.74) is 2.61. The Morgan fingerprint density at radius 1 is 1.24 bits per heavy atom. The zero-order chi connectivity index (χ0) is 17.7. The maximum atomic E-state index is 13.3. The number of hydrogen-bond acceptors (Lipinski definition) is 4. The lowest BCUT2D eigenvalue weighted by molar-refractivity contribution is -0.141. The van der Waals surface area contributed by atoms with Gasteiger partial charge >= 0.3 is 5.97 Å². The highest BCUT2D eigenvalue weighted by atomic mass is 16.4. The van der Waals surface area contributed by atoms with Gasteiger partial charge in [0.1, 0.15) is 11.6 Å². The number of nitrogens with zero attached hydrogens (tertiary/aromatic N) is 4. The van der Waals surface area contributed by atoms with Crippen molar-refractivity contribution < 1.29 is 14.7 Å². The van der Waals surface area contributed by atoms with Crippen LogP contribution in [0.3, 0.4) is 0 Å². The molecule has 0 radical (unpaired) electrons. The van der Waals surface area contributed by atoms with Crippen LogP contribution < -0.4 is 0 Å². The zero-order valence-electron chi connectivity index (χ0n) is 14.5. The highest BCUT2D eigenvalue weighted by Crippen LogP contribution is 2.40. The third-order valence-electron chi connectivity index (χ3n) is 5.62. The van der Waals surface area contributed by atoms with Crippen molar-refractivity contribution in [2.75, 3.05) is 0 Å². The molecule has 0 spiro atoms. The Hall–Kier alpha value is -2.44. The fraction of sp³-hybridized carbons (Fsp3) is 0.556. The van der Waals surface area contributed by atoms with Crippen LogP contribution in [0.15, 0.2) is 12.3 Å². The molecule has 7 heteroatoms. The van der Waals surface area contributed by atoms with Crippen molar-refractivity contribution in [1.29, 1.82) is 0 Å². The lowest BCUT2D eigenvalue weighted by Crippen LogP contribution is -2.46. The summed E-state index contributed by atoms with van der Waals surface area (Å²) in [6.07, 6.45) is 6.12. The van der Waals surface area contributed by atoms with Crippen molar-refractivity contribution in [2.45, 2.75) is 58.0 Å². The number of carboxylic acids is 1. The van der Waals surface area contributed by atoms with Gasteiger partial charge in [-0.25, -0.2) is 14.3 Å². The maximum absolute atomic E-state index is 13.3. The molecule has 3 atom stereocenters. The van der Waals surface area contributed by atoms with Crippen molar-refractivity contribution in [1.82, 2.24) is 19.5 Å². The van der Waals surface area contributed by atoms with Crippen LogP contribution in [0.2, 0.25) is 0 Å². The number of carbonyl (C=O) groups excluding carboxylic acids is 1. The molecule has 3 unspecified atom stereocenters. The molecular formula is C18H22N4O3. The molecule has 2 aliphatic rings. The lowest BCUT2D eigenvalue weighted by atomic mass is 9.84. The number of likely N-dealkylation sites (tertiary alicyclic amines) is 1. The SMILES string of the molecule is Cc1cc(C)n2ncc(C(=O)N3C(C(=O)O)CC4CCCCC43)c2n1. The van der Waals surface area contributed by atoms with Gasteiger partial charge < -0.3 is 10.0 Å². The second-order valence-electron chi connectivity index (χ2n) is 7.25. The van der Waals surface area contributed by atoms with Crippen LogP contribution in [0.1, 0.15) is 53.8 Å². The number of fused-ring (bicyclic) bond motifs is 2. The molecule has 0 bridgehead atoms. The van der Waals surface area contributed by atoms with Crippen molar-refractivity contribution in [3.05, 3.63) is 29.2 Å². The molecule has 4 rings (SSSR count). The number of carbonyl (C=O) groups is 2. The summed E-state index contributed by atoms with van der Waals surface area (Å²) in [4.78, 5) is 31.1. The average Bonchev–Trinajstić information content (AvgIpc) is 3.15. The first-order valence-electron chi connectivity index (χ1n) is 8.85. The van der Waals surface area contributed by atoms with E-state index in [9.17, 15) is 14.7 Å². The molecule has 3 heterocycles. The van der Waals surface area contributed by atoms with E-state index in [1.165, 1.54) is 6.20 Å². The van der Waals surface area contributed by atoms with Crippen molar-refractivity contribution in [3.63, 3.8) is 0 Å². The summed E-state index contributed by atoms with van der Waals surface area (Å²) in [5.74, 6) is -0.883. The van der Waals surface area contributed by atoms with Crippen molar-refractivity contribution >= 4 is 17.5 Å². The molecule has 2 aromatic heterocycles. The van der Waals surface area contributed by atoms with Crippen molar-refractivity contribution in [3.8, 4) is 0 Å². The fourth-order valence-electron chi connectivity index (χ4n) is 4.53. The predicted molar refractivity (Wildman–Crippen MR) is 90.4 cm³/mol. The van der Waals surface area contributed by atoms with Crippen molar-refractivity contribution in [2.24, 2.45) is 5.92 Å². The van der Waals surface area contributed by atoms with Gasteiger partial charge in [0.05, 0.1) is 6.20 Å². The first-order chi connectivity index (χ1) is 12.0. The van der Waals surface area contributed by atoms with Crippen LogP contribution >= 0.6 is 0 Å². The van der Waals surface area contributed by atoms with Crippen LogP contribution in [0.4, 0.5) is 0 Å². The van der Waals surface area contributed by atoms with Gasteiger partial charge in [0.2, 0.25) is 0 Å². The number of hydrogen-bond donors (Lipinski definition) is 1. The number of rotatable bonds is 2. The standard InChI is InChI=1S/C18H22N4O3/c1-10-7-11(2)22-16(20-10)13(9-19-22)17(23)21-14-6-4-3-5-12(14)8-15(21)18(24)25/h7,9,12,14-15H,3-6,8H2,1-2H3,(H,24,25). The van der Waals surface area contributed by atoms with E-state index in [2.05, 4.69) is 10.1 Å². The highest BCUT2D eigenvalue weighted by Gasteiger charge is 2.48. The van der Waals surface area contributed by atoms with Gasteiger partial charge in [0, 0.05) is 17.4 Å².